The van der Waals surface area contributed by atoms with Gasteiger partial charge in [0.2, 0.25) is 11.8 Å². The number of amides is 3. The minimum atomic E-state index is -0.963. The SMILES string of the molecule is CC[C@H](C)[C@H](NC(=O)[C@H]1CCCCN1C)C(=O)N(CCOC)[C@H](C[C@@H](OCOC)c1nc(C(=O)N[C@H]2Cc3ccc(OC)cc3[C@H](C(=O)O)C2)cs1)C(C)C. The van der Waals surface area contributed by atoms with Crippen LogP contribution < -0.4 is 15.4 Å². The second-order valence-corrected chi connectivity index (χ2v) is 16.0. The summed E-state index contributed by atoms with van der Waals surface area (Å²) in [5.74, 6) is -2.01. The highest BCUT2D eigenvalue weighted by atomic mass is 32.1. The van der Waals surface area contributed by atoms with Gasteiger partial charge in [-0.05, 0) is 74.4 Å². The number of rotatable bonds is 20. The summed E-state index contributed by atoms with van der Waals surface area (Å²) in [5, 5.41) is 18.4. The summed E-state index contributed by atoms with van der Waals surface area (Å²) < 4.78 is 22.3. The van der Waals surface area contributed by atoms with Gasteiger partial charge in [0.1, 0.15) is 35.4 Å². The third-order valence-corrected chi connectivity index (χ3v) is 12.0. The van der Waals surface area contributed by atoms with Crippen molar-refractivity contribution in [1.82, 2.24) is 25.4 Å². The van der Waals surface area contributed by atoms with Crippen molar-refractivity contribution in [2.75, 3.05) is 54.9 Å². The lowest BCUT2D eigenvalue weighted by Crippen LogP contribution is -2.59. The molecule has 0 spiro atoms. The lowest BCUT2D eigenvalue weighted by molar-refractivity contribution is -0.144. The number of carboxylic acids is 1. The Hall–Kier alpha value is -3.63. The maximum atomic E-state index is 14.7. The molecule has 1 aromatic heterocycles. The molecule has 1 aromatic carbocycles. The number of methoxy groups -OCH3 is 3. The molecular formula is C40H61N5O9S. The van der Waals surface area contributed by atoms with Gasteiger partial charge in [-0.15, -0.1) is 11.3 Å². The van der Waals surface area contributed by atoms with Crippen LogP contribution >= 0.6 is 11.3 Å². The van der Waals surface area contributed by atoms with Gasteiger partial charge in [-0.3, -0.25) is 24.1 Å². The van der Waals surface area contributed by atoms with Crippen molar-refractivity contribution in [2.24, 2.45) is 11.8 Å². The van der Waals surface area contributed by atoms with Crippen LogP contribution in [0.4, 0.5) is 0 Å². The standard InChI is InChI=1S/C40H61N5O9S/c1-9-25(4)35(43-37(47)32-12-10-11-15-44(32)5)39(48)45(16-17-51-6)33(24(2)3)21-34(54-23-52-7)38-42-31(22-55-38)36(46)41-27-18-26-13-14-28(53-8)20-29(26)30(19-27)40(49)50/h13-14,20,22,24-25,27,30,32-35H,9-12,15-19,21,23H2,1-8H3,(H,41,46)(H,43,47)(H,49,50)/t25-,27-,30+,32+,33+,34+,35-/m0/s1. The molecule has 14 nitrogen and oxygen atoms in total. The number of likely N-dealkylation sites (N-methyl/N-ethyl adjacent to an activating group) is 1. The maximum Gasteiger partial charge on any atom is 0.311 e. The fourth-order valence-corrected chi connectivity index (χ4v) is 8.49. The number of nitrogens with zero attached hydrogens (tertiary/aromatic N) is 3. The molecule has 0 radical (unpaired) electrons. The number of aromatic nitrogens is 1. The molecule has 0 unspecified atom stereocenters. The van der Waals surface area contributed by atoms with Crippen molar-refractivity contribution in [2.45, 2.75) is 109 Å². The Morgan fingerprint density at radius 2 is 1.87 bits per heavy atom. The number of ether oxygens (including phenoxy) is 4. The quantitative estimate of drug-likeness (QED) is 0.160. The van der Waals surface area contributed by atoms with Crippen molar-refractivity contribution in [3.8, 4) is 5.75 Å². The second kappa shape index (κ2) is 21.1. The van der Waals surface area contributed by atoms with Gasteiger partial charge in [0.15, 0.2) is 0 Å². The van der Waals surface area contributed by atoms with Crippen LogP contribution in [0.2, 0.25) is 0 Å². The molecule has 4 rings (SSSR count). The molecule has 15 heteroatoms. The normalized spacial score (nSPS) is 20.9. The van der Waals surface area contributed by atoms with Gasteiger partial charge >= 0.3 is 5.97 Å². The Kier molecular flexibility index (Phi) is 16.9. The molecule has 1 fully saturated rings. The van der Waals surface area contributed by atoms with Crippen LogP contribution in [0.1, 0.15) is 105 Å². The zero-order valence-corrected chi connectivity index (χ0v) is 34.5. The van der Waals surface area contributed by atoms with E-state index in [1.807, 2.05) is 45.7 Å². The molecule has 0 saturated carbocycles. The van der Waals surface area contributed by atoms with Crippen molar-refractivity contribution in [3.63, 3.8) is 0 Å². The summed E-state index contributed by atoms with van der Waals surface area (Å²) >= 11 is 1.28. The van der Waals surface area contributed by atoms with Crippen LogP contribution in [0.3, 0.4) is 0 Å². The van der Waals surface area contributed by atoms with E-state index >= 15 is 0 Å². The lowest BCUT2D eigenvalue weighted by Gasteiger charge is -2.40. The van der Waals surface area contributed by atoms with Crippen LogP contribution in [0.25, 0.3) is 0 Å². The predicted molar refractivity (Wildman–Crippen MR) is 209 cm³/mol. The monoisotopic (exact) mass is 787 g/mol. The van der Waals surface area contributed by atoms with Crippen LogP contribution in [-0.4, -0.2) is 123 Å². The summed E-state index contributed by atoms with van der Waals surface area (Å²) in [6.07, 6.45) is 3.90. The highest BCUT2D eigenvalue weighted by molar-refractivity contribution is 7.09. The zero-order valence-electron chi connectivity index (χ0n) is 33.7. The number of carbonyl (C=O) groups excluding carboxylic acids is 3. The molecule has 1 aliphatic carbocycles. The summed E-state index contributed by atoms with van der Waals surface area (Å²) in [6, 6.07) is 3.63. The topological polar surface area (TPSA) is 169 Å². The Morgan fingerprint density at radius 1 is 1.11 bits per heavy atom. The predicted octanol–water partition coefficient (Wildman–Crippen LogP) is 4.63. The molecule has 55 heavy (non-hydrogen) atoms. The molecule has 7 atom stereocenters. The van der Waals surface area contributed by atoms with Crippen molar-refractivity contribution in [3.05, 3.63) is 45.4 Å². The van der Waals surface area contributed by atoms with Gasteiger partial charge in [0.25, 0.3) is 5.91 Å². The Bertz CT molecular complexity index is 1590. The third kappa shape index (κ3) is 11.5. The van der Waals surface area contributed by atoms with Crippen molar-refractivity contribution in [1.29, 1.82) is 0 Å². The average Bonchev–Trinajstić information content (AvgIpc) is 3.67. The van der Waals surface area contributed by atoms with Gasteiger partial charge in [-0.1, -0.05) is 46.6 Å². The lowest BCUT2D eigenvalue weighted by atomic mass is 9.80. The summed E-state index contributed by atoms with van der Waals surface area (Å²) in [4.78, 5) is 62.7. The molecule has 0 bridgehead atoms. The molecule has 1 saturated heterocycles. The van der Waals surface area contributed by atoms with E-state index in [1.54, 1.807) is 31.7 Å². The van der Waals surface area contributed by atoms with E-state index in [2.05, 4.69) is 15.5 Å². The van der Waals surface area contributed by atoms with E-state index < -0.39 is 36.0 Å². The van der Waals surface area contributed by atoms with E-state index in [9.17, 15) is 24.3 Å². The van der Waals surface area contributed by atoms with E-state index in [0.29, 0.717) is 48.7 Å². The molecule has 1 aliphatic heterocycles. The smallest absolute Gasteiger partial charge is 0.311 e. The van der Waals surface area contributed by atoms with Gasteiger partial charge in [0.05, 0.1) is 25.7 Å². The van der Waals surface area contributed by atoms with Gasteiger partial charge in [-0.2, -0.15) is 0 Å². The first-order chi connectivity index (χ1) is 26.3. The van der Waals surface area contributed by atoms with Crippen LogP contribution in [-0.2, 0) is 35.0 Å². The van der Waals surface area contributed by atoms with E-state index in [4.69, 9.17) is 23.9 Å². The number of thiazole rings is 1. The minimum absolute atomic E-state index is 0.0220. The number of hydrogen-bond donors (Lipinski definition) is 3. The number of fused-ring (bicyclic) bond motifs is 1. The first-order valence-electron chi connectivity index (χ1n) is 19.4. The Balaban J connectivity index is 1.55. The van der Waals surface area contributed by atoms with Gasteiger partial charge in [-0.25, -0.2) is 4.98 Å². The molecule has 306 valence electrons. The van der Waals surface area contributed by atoms with Gasteiger partial charge < -0.3 is 39.6 Å². The zero-order chi connectivity index (χ0) is 40.2. The Morgan fingerprint density at radius 3 is 2.51 bits per heavy atom. The number of aliphatic carboxylic acids is 1. The first-order valence-corrected chi connectivity index (χ1v) is 20.3. The molecule has 2 heterocycles. The number of hydrogen-bond acceptors (Lipinski definition) is 11. The minimum Gasteiger partial charge on any atom is -0.497 e. The fraction of sp³-hybridized carbons (Fsp3) is 0.675. The summed E-state index contributed by atoms with van der Waals surface area (Å²) in [7, 11) is 6.62. The highest BCUT2D eigenvalue weighted by Gasteiger charge is 2.39. The van der Waals surface area contributed by atoms with E-state index in [-0.39, 0.29) is 54.6 Å². The fourth-order valence-electron chi connectivity index (χ4n) is 7.63. The summed E-state index contributed by atoms with van der Waals surface area (Å²) in [5.41, 5.74) is 1.73. The van der Waals surface area contributed by atoms with Gasteiger partial charge in [0, 0.05) is 44.6 Å². The van der Waals surface area contributed by atoms with Crippen molar-refractivity contribution >= 4 is 35.0 Å². The second-order valence-electron chi connectivity index (χ2n) is 15.1. The maximum absolute atomic E-state index is 14.7. The Labute approximate surface area is 329 Å². The number of likely N-dealkylation sites (tertiary alicyclic amines) is 1. The molecular weight excluding hydrogens is 727 g/mol. The van der Waals surface area contributed by atoms with E-state index in [1.165, 1.54) is 18.4 Å². The number of carboxylic acid groups (broad SMARTS) is 1. The molecule has 3 N–H and O–H groups in total. The highest BCUT2D eigenvalue weighted by Crippen LogP contribution is 2.35. The summed E-state index contributed by atoms with van der Waals surface area (Å²) in [6.45, 7) is 9.51. The molecule has 2 aromatic rings. The van der Waals surface area contributed by atoms with Crippen LogP contribution in [0.5, 0.6) is 5.75 Å². The van der Waals surface area contributed by atoms with Crippen LogP contribution in [0, 0.1) is 11.8 Å². The third-order valence-electron chi connectivity index (χ3n) is 11.1. The van der Waals surface area contributed by atoms with Crippen LogP contribution in [0.15, 0.2) is 23.6 Å². The average molecular weight is 788 g/mol. The number of carbonyl (C=O) groups is 4. The number of benzene rings is 1. The van der Waals surface area contributed by atoms with Crippen molar-refractivity contribution < 1.29 is 43.2 Å². The van der Waals surface area contributed by atoms with E-state index in [0.717, 1.165) is 31.4 Å². The number of nitrogens with one attached hydrogen (secondary N) is 2. The first kappa shape index (κ1) is 44.1. The largest absolute Gasteiger partial charge is 0.497 e. The molecule has 3 amide bonds. The molecule has 2 aliphatic rings. The number of piperidine rings is 1.